The first-order chi connectivity index (χ1) is 12.3. The summed E-state index contributed by atoms with van der Waals surface area (Å²) >= 11 is 0. The van der Waals surface area contributed by atoms with Gasteiger partial charge in [0.1, 0.15) is 24.5 Å². The van der Waals surface area contributed by atoms with Gasteiger partial charge in [0.25, 0.3) is 0 Å². The van der Waals surface area contributed by atoms with Crippen molar-refractivity contribution in [1.29, 1.82) is 0 Å². The maximum atomic E-state index is 10.9. The van der Waals surface area contributed by atoms with E-state index in [9.17, 15) is 10.2 Å². The summed E-state index contributed by atoms with van der Waals surface area (Å²) in [5.41, 5.74) is 1.62. The Morgan fingerprint density at radius 1 is 1.12 bits per heavy atom. The Morgan fingerprint density at radius 3 is 2.64 bits per heavy atom. The Morgan fingerprint density at radius 2 is 1.92 bits per heavy atom. The number of hydrogen-bond acceptors (Lipinski definition) is 5. The van der Waals surface area contributed by atoms with Gasteiger partial charge in [-0.2, -0.15) is 0 Å². The molecular formula is C20H22N2O3. The van der Waals surface area contributed by atoms with Crippen LogP contribution >= 0.6 is 0 Å². The van der Waals surface area contributed by atoms with Gasteiger partial charge in [-0.25, -0.2) is 0 Å². The van der Waals surface area contributed by atoms with Crippen molar-refractivity contribution in [1.82, 2.24) is 9.88 Å². The first kappa shape index (κ1) is 17.2. The number of aromatic nitrogens is 1. The molecular weight excluding hydrogens is 316 g/mol. The normalized spacial score (nSPS) is 17.9. The standard InChI is InChI=1S/C20H22N2O3/c23-14-13-22-12-6-10-18(25-15-16-7-2-1-3-8-16)19(22)20(24)17-9-4-5-11-21-17/h1-12,19-20,23-24H,13-15H2. The van der Waals surface area contributed by atoms with E-state index in [1.807, 2.05) is 65.7 Å². The molecule has 0 fully saturated rings. The van der Waals surface area contributed by atoms with E-state index in [0.29, 0.717) is 24.6 Å². The first-order valence-electron chi connectivity index (χ1n) is 8.30. The predicted molar refractivity (Wildman–Crippen MR) is 95.2 cm³/mol. The number of aliphatic hydroxyl groups is 2. The van der Waals surface area contributed by atoms with Gasteiger partial charge in [-0.15, -0.1) is 0 Å². The molecule has 1 aliphatic heterocycles. The van der Waals surface area contributed by atoms with Crippen LogP contribution in [0.4, 0.5) is 0 Å². The molecule has 0 aliphatic carbocycles. The first-order valence-corrected chi connectivity index (χ1v) is 8.30. The maximum Gasteiger partial charge on any atom is 0.123 e. The van der Waals surface area contributed by atoms with Crippen LogP contribution in [-0.2, 0) is 11.3 Å². The second kappa shape index (κ2) is 8.46. The zero-order valence-electron chi connectivity index (χ0n) is 13.9. The summed E-state index contributed by atoms with van der Waals surface area (Å²) in [6.07, 6.45) is 6.36. The van der Waals surface area contributed by atoms with Gasteiger partial charge in [-0.05, 0) is 29.8 Å². The summed E-state index contributed by atoms with van der Waals surface area (Å²) in [7, 11) is 0. The molecule has 0 amide bonds. The van der Waals surface area contributed by atoms with Crippen molar-refractivity contribution in [2.24, 2.45) is 0 Å². The average molecular weight is 338 g/mol. The molecule has 2 heterocycles. The lowest BCUT2D eigenvalue weighted by Crippen LogP contribution is -2.41. The quantitative estimate of drug-likeness (QED) is 0.812. The van der Waals surface area contributed by atoms with Crippen molar-refractivity contribution < 1.29 is 14.9 Å². The lowest BCUT2D eigenvalue weighted by molar-refractivity contribution is 0.0353. The maximum absolute atomic E-state index is 10.9. The van der Waals surface area contributed by atoms with E-state index in [0.717, 1.165) is 5.56 Å². The van der Waals surface area contributed by atoms with Gasteiger partial charge >= 0.3 is 0 Å². The highest BCUT2D eigenvalue weighted by Crippen LogP contribution is 2.29. The fourth-order valence-electron chi connectivity index (χ4n) is 2.86. The van der Waals surface area contributed by atoms with Crippen molar-refractivity contribution in [3.63, 3.8) is 0 Å². The average Bonchev–Trinajstić information content (AvgIpc) is 2.68. The largest absolute Gasteiger partial charge is 0.491 e. The molecule has 130 valence electrons. The highest BCUT2D eigenvalue weighted by atomic mass is 16.5. The van der Waals surface area contributed by atoms with E-state index in [1.165, 1.54) is 0 Å². The van der Waals surface area contributed by atoms with E-state index in [4.69, 9.17) is 4.74 Å². The molecule has 25 heavy (non-hydrogen) atoms. The van der Waals surface area contributed by atoms with Crippen LogP contribution < -0.4 is 0 Å². The number of nitrogens with zero attached hydrogens (tertiary/aromatic N) is 2. The number of rotatable bonds is 7. The molecule has 2 unspecified atom stereocenters. The molecule has 1 aromatic carbocycles. The fourth-order valence-corrected chi connectivity index (χ4v) is 2.86. The minimum Gasteiger partial charge on any atom is -0.491 e. The second-order valence-corrected chi connectivity index (χ2v) is 5.79. The van der Waals surface area contributed by atoms with Crippen LogP contribution in [0.1, 0.15) is 17.4 Å². The van der Waals surface area contributed by atoms with E-state index in [-0.39, 0.29) is 6.61 Å². The SMILES string of the molecule is OCCN1C=CC=C(OCc2ccccc2)C1C(O)c1ccccn1. The van der Waals surface area contributed by atoms with Gasteiger partial charge in [0.05, 0.1) is 12.3 Å². The molecule has 2 aromatic rings. The van der Waals surface area contributed by atoms with Crippen molar-refractivity contribution in [2.75, 3.05) is 13.2 Å². The molecule has 2 N–H and O–H groups in total. The van der Waals surface area contributed by atoms with E-state index in [2.05, 4.69) is 4.98 Å². The summed E-state index contributed by atoms with van der Waals surface area (Å²) in [6, 6.07) is 14.9. The van der Waals surface area contributed by atoms with Crippen molar-refractivity contribution in [2.45, 2.75) is 18.8 Å². The van der Waals surface area contributed by atoms with Crippen LogP contribution in [0.25, 0.3) is 0 Å². The summed E-state index contributed by atoms with van der Waals surface area (Å²) in [6.45, 7) is 0.803. The van der Waals surface area contributed by atoms with Gasteiger partial charge in [0.2, 0.25) is 0 Å². The topological polar surface area (TPSA) is 65.8 Å². The number of aliphatic hydroxyl groups excluding tert-OH is 2. The molecule has 5 nitrogen and oxygen atoms in total. The van der Waals surface area contributed by atoms with Crippen molar-refractivity contribution in [3.05, 3.63) is 90.1 Å². The molecule has 0 saturated carbocycles. The molecule has 2 atom stereocenters. The number of benzene rings is 1. The summed E-state index contributed by atoms with van der Waals surface area (Å²) in [5.74, 6) is 0.651. The predicted octanol–water partition coefficient (Wildman–Crippen LogP) is 2.41. The zero-order valence-corrected chi connectivity index (χ0v) is 13.9. The summed E-state index contributed by atoms with van der Waals surface area (Å²) in [5, 5.41) is 20.2. The Labute approximate surface area is 147 Å². The molecule has 5 heteroatoms. The van der Waals surface area contributed by atoms with Crippen LogP contribution in [0.15, 0.2) is 78.8 Å². The molecule has 1 aliphatic rings. The number of pyridine rings is 1. The zero-order chi connectivity index (χ0) is 17.5. The van der Waals surface area contributed by atoms with E-state index < -0.39 is 12.1 Å². The van der Waals surface area contributed by atoms with Crippen LogP contribution in [0.2, 0.25) is 0 Å². The molecule has 0 bridgehead atoms. The van der Waals surface area contributed by atoms with Crippen molar-refractivity contribution in [3.8, 4) is 0 Å². The van der Waals surface area contributed by atoms with Gasteiger partial charge < -0.3 is 19.8 Å². The third kappa shape index (κ3) is 4.26. The number of ether oxygens (including phenoxy) is 1. The van der Waals surface area contributed by atoms with Gasteiger partial charge in [0.15, 0.2) is 0 Å². The number of β-amino-alcohol motifs (C(OH)–C–C–N with tert-alkyl or cyclic N) is 1. The van der Waals surface area contributed by atoms with Crippen molar-refractivity contribution >= 4 is 0 Å². The molecule has 3 rings (SSSR count). The van der Waals surface area contributed by atoms with Crippen LogP contribution in [0.5, 0.6) is 0 Å². The third-order valence-corrected chi connectivity index (χ3v) is 4.08. The monoisotopic (exact) mass is 338 g/mol. The number of hydrogen-bond donors (Lipinski definition) is 2. The van der Waals surface area contributed by atoms with Gasteiger partial charge in [-0.1, -0.05) is 36.4 Å². The molecule has 0 spiro atoms. The summed E-state index contributed by atoms with van der Waals surface area (Å²) in [4.78, 5) is 6.13. The Bertz CT molecular complexity index is 716. The highest BCUT2D eigenvalue weighted by Gasteiger charge is 2.32. The lowest BCUT2D eigenvalue weighted by Gasteiger charge is -2.36. The highest BCUT2D eigenvalue weighted by molar-refractivity contribution is 5.25. The Balaban J connectivity index is 1.80. The lowest BCUT2D eigenvalue weighted by atomic mass is 10.0. The molecule has 0 saturated heterocycles. The van der Waals surface area contributed by atoms with E-state index >= 15 is 0 Å². The smallest absolute Gasteiger partial charge is 0.123 e. The Kier molecular flexibility index (Phi) is 5.82. The van der Waals surface area contributed by atoms with Gasteiger partial charge in [-0.3, -0.25) is 4.98 Å². The molecule has 0 radical (unpaired) electrons. The van der Waals surface area contributed by atoms with Crippen LogP contribution in [0, 0.1) is 0 Å². The second-order valence-electron chi connectivity index (χ2n) is 5.79. The Hall–Kier alpha value is -2.63. The number of allylic oxidation sites excluding steroid dienone is 2. The minimum atomic E-state index is -0.861. The van der Waals surface area contributed by atoms with Crippen LogP contribution in [0.3, 0.4) is 0 Å². The fraction of sp³-hybridized carbons (Fsp3) is 0.250. The van der Waals surface area contributed by atoms with E-state index in [1.54, 1.807) is 12.3 Å². The summed E-state index contributed by atoms with van der Waals surface area (Å²) < 4.78 is 6.00. The molecule has 1 aromatic heterocycles. The minimum absolute atomic E-state index is 0.0122. The van der Waals surface area contributed by atoms with Crippen LogP contribution in [-0.4, -0.2) is 39.3 Å². The third-order valence-electron chi connectivity index (χ3n) is 4.08. The van der Waals surface area contributed by atoms with Gasteiger partial charge in [0, 0.05) is 18.9 Å².